The third-order valence-corrected chi connectivity index (χ3v) is 6.14. The maximum Gasteiger partial charge on any atom is 0.226 e. The lowest BCUT2D eigenvalue weighted by atomic mass is 9.84. The normalized spacial score (nSPS) is 18.7. The number of anilines is 1. The van der Waals surface area contributed by atoms with E-state index in [1.165, 1.54) is 0 Å². The molecule has 0 saturated heterocycles. The monoisotopic (exact) mass is 442 g/mol. The van der Waals surface area contributed by atoms with Crippen molar-refractivity contribution >= 4 is 23.2 Å². The summed E-state index contributed by atoms with van der Waals surface area (Å²) in [6.45, 7) is 0. The van der Waals surface area contributed by atoms with Crippen LogP contribution in [-0.2, 0) is 0 Å². The molecular formula is C25H19ClN4O2. The number of aromatic nitrogens is 3. The van der Waals surface area contributed by atoms with Gasteiger partial charge in [0.2, 0.25) is 5.95 Å². The molecule has 6 nitrogen and oxygen atoms in total. The molecule has 0 radical (unpaired) electrons. The van der Waals surface area contributed by atoms with Gasteiger partial charge in [0.05, 0.1) is 12.8 Å². The molecule has 2 atom stereocenters. The van der Waals surface area contributed by atoms with Crippen LogP contribution in [0, 0.1) is 0 Å². The Morgan fingerprint density at radius 3 is 2.59 bits per heavy atom. The highest BCUT2D eigenvalue weighted by Crippen LogP contribution is 2.51. The van der Waals surface area contributed by atoms with Crippen molar-refractivity contribution in [3.8, 4) is 11.5 Å². The minimum atomic E-state index is -0.308. The zero-order valence-corrected chi connectivity index (χ0v) is 18.0. The fourth-order valence-corrected chi connectivity index (χ4v) is 4.62. The van der Waals surface area contributed by atoms with Gasteiger partial charge in [0.1, 0.15) is 30.0 Å². The summed E-state index contributed by atoms with van der Waals surface area (Å²) in [7, 11) is 1.66. The van der Waals surface area contributed by atoms with Gasteiger partial charge in [-0.2, -0.15) is 10.1 Å². The molecule has 0 amide bonds. The standard InChI is InChI=1S/C25H19ClN4O2/c1-31-18-10-7-15(8-11-18)23-21-22(29-25-27-14-28-30(23)25)19-13-17(26)9-12-20(19)32-24(21)16-5-3-2-4-6-16/h2-14,23-24H,1H3,(H,27,28,29)/t23-,24-/m1/s1. The average molecular weight is 443 g/mol. The van der Waals surface area contributed by atoms with Crippen molar-refractivity contribution in [2.45, 2.75) is 12.1 Å². The number of hydrogen-bond donors (Lipinski definition) is 1. The molecular weight excluding hydrogens is 424 g/mol. The van der Waals surface area contributed by atoms with Crippen LogP contribution in [0.3, 0.4) is 0 Å². The van der Waals surface area contributed by atoms with E-state index in [1.54, 1.807) is 13.4 Å². The molecule has 0 saturated carbocycles. The first-order valence-electron chi connectivity index (χ1n) is 10.3. The van der Waals surface area contributed by atoms with Gasteiger partial charge in [0, 0.05) is 16.2 Å². The highest BCUT2D eigenvalue weighted by molar-refractivity contribution is 6.30. The van der Waals surface area contributed by atoms with Crippen molar-refractivity contribution in [1.29, 1.82) is 0 Å². The minimum Gasteiger partial charge on any atom is -0.497 e. The lowest BCUT2D eigenvalue weighted by Gasteiger charge is -2.39. The number of hydrogen-bond acceptors (Lipinski definition) is 5. The smallest absolute Gasteiger partial charge is 0.226 e. The fourth-order valence-electron chi connectivity index (χ4n) is 4.45. The first-order valence-corrected chi connectivity index (χ1v) is 10.7. The Hall–Kier alpha value is -3.77. The van der Waals surface area contributed by atoms with E-state index in [-0.39, 0.29) is 12.1 Å². The van der Waals surface area contributed by atoms with Gasteiger partial charge in [-0.15, -0.1) is 0 Å². The predicted octanol–water partition coefficient (Wildman–Crippen LogP) is 5.50. The van der Waals surface area contributed by atoms with Crippen molar-refractivity contribution in [1.82, 2.24) is 14.8 Å². The summed E-state index contributed by atoms with van der Waals surface area (Å²) in [6.07, 6.45) is 1.26. The topological polar surface area (TPSA) is 61.2 Å². The van der Waals surface area contributed by atoms with E-state index in [0.29, 0.717) is 11.0 Å². The Morgan fingerprint density at radius 2 is 1.81 bits per heavy atom. The summed E-state index contributed by atoms with van der Waals surface area (Å²) in [4.78, 5) is 4.46. The minimum absolute atomic E-state index is 0.216. The SMILES string of the molecule is COc1ccc([C@@H]2C3=C(Nc4ncnn42)c2cc(Cl)ccc2O[C@@H]3c2ccccc2)cc1. The van der Waals surface area contributed by atoms with Gasteiger partial charge in [0.15, 0.2) is 0 Å². The highest BCUT2D eigenvalue weighted by Gasteiger charge is 2.40. The van der Waals surface area contributed by atoms with Crippen LogP contribution in [0.25, 0.3) is 5.70 Å². The first-order chi connectivity index (χ1) is 15.7. The number of nitrogens with zero attached hydrogens (tertiary/aromatic N) is 3. The Balaban J connectivity index is 1.62. The maximum atomic E-state index is 6.59. The third kappa shape index (κ3) is 2.95. The van der Waals surface area contributed by atoms with E-state index in [9.17, 15) is 0 Å². The molecule has 1 aromatic heterocycles. The number of nitrogens with one attached hydrogen (secondary N) is 1. The second-order valence-corrected chi connectivity index (χ2v) is 8.14. The predicted molar refractivity (Wildman–Crippen MR) is 123 cm³/mol. The Morgan fingerprint density at radius 1 is 1.00 bits per heavy atom. The number of rotatable bonds is 3. The Labute approximate surface area is 190 Å². The molecule has 2 aliphatic heterocycles. The lowest BCUT2D eigenvalue weighted by Crippen LogP contribution is -2.32. The van der Waals surface area contributed by atoms with Crippen molar-refractivity contribution in [2.75, 3.05) is 12.4 Å². The van der Waals surface area contributed by atoms with E-state index in [0.717, 1.165) is 39.5 Å². The van der Waals surface area contributed by atoms with Crippen molar-refractivity contribution < 1.29 is 9.47 Å². The van der Waals surface area contributed by atoms with Gasteiger partial charge in [-0.1, -0.05) is 54.1 Å². The van der Waals surface area contributed by atoms with Crippen molar-refractivity contribution in [3.63, 3.8) is 0 Å². The van der Waals surface area contributed by atoms with Crippen LogP contribution in [0.4, 0.5) is 5.95 Å². The second kappa shape index (κ2) is 7.43. The first kappa shape index (κ1) is 19.0. The van der Waals surface area contributed by atoms with Crippen molar-refractivity contribution in [3.05, 3.63) is 106 Å². The molecule has 0 fully saturated rings. The van der Waals surface area contributed by atoms with E-state index >= 15 is 0 Å². The highest BCUT2D eigenvalue weighted by atomic mass is 35.5. The molecule has 0 unspecified atom stereocenters. The number of ether oxygens (including phenoxy) is 2. The molecule has 1 N–H and O–H groups in total. The van der Waals surface area contributed by atoms with Gasteiger partial charge in [-0.25, -0.2) is 4.68 Å². The van der Waals surface area contributed by atoms with E-state index in [4.69, 9.17) is 21.1 Å². The molecule has 0 aliphatic carbocycles. The molecule has 6 rings (SSSR count). The quantitative estimate of drug-likeness (QED) is 0.454. The summed E-state index contributed by atoms with van der Waals surface area (Å²) >= 11 is 6.37. The largest absolute Gasteiger partial charge is 0.497 e. The number of benzene rings is 3. The van der Waals surface area contributed by atoms with Crippen LogP contribution < -0.4 is 14.8 Å². The lowest BCUT2D eigenvalue weighted by molar-refractivity contribution is 0.223. The molecule has 0 bridgehead atoms. The van der Waals surface area contributed by atoms with Crippen LogP contribution in [0.15, 0.2) is 84.7 Å². The second-order valence-electron chi connectivity index (χ2n) is 7.71. The summed E-state index contributed by atoms with van der Waals surface area (Å²) in [5.74, 6) is 2.24. The van der Waals surface area contributed by atoms with Crippen LogP contribution in [-0.4, -0.2) is 21.9 Å². The number of halogens is 1. The fraction of sp³-hybridized carbons (Fsp3) is 0.120. The molecule has 3 aromatic carbocycles. The summed E-state index contributed by atoms with van der Waals surface area (Å²) in [5, 5.41) is 8.68. The average Bonchev–Trinajstić information content (AvgIpc) is 3.31. The summed E-state index contributed by atoms with van der Waals surface area (Å²) in [6, 6.07) is 23.7. The summed E-state index contributed by atoms with van der Waals surface area (Å²) < 4.78 is 13.9. The zero-order chi connectivity index (χ0) is 21.7. The maximum absolute atomic E-state index is 6.59. The Kier molecular flexibility index (Phi) is 4.40. The van der Waals surface area contributed by atoms with Crippen LogP contribution in [0.2, 0.25) is 5.02 Å². The van der Waals surface area contributed by atoms with Gasteiger partial charge in [-0.3, -0.25) is 0 Å². The zero-order valence-electron chi connectivity index (χ0n) is 17.2. The molecule has 0 spiro atoms. The van der Waals surface area contributed by atoms with E-state index in [2.05, 4.69) is 39.7 Å². The molecule has 7 heteroatoms. The Bertz CT molecular complexity index is 1330. The van der Waals surface area contributed by atoms with Crippen molar-refractivity contribution in [2.24, 2.45) is 0 Å². The molecule has 32 heavy (non-hydrogen) atoms. The van der Waals surface area contributed by atoms with Crippen LogP contribution >= 0.6 is 11.6 Å². The van der Waals surface area contributed by atoms with Gasteiger partial charge in [0.25, 0.3) is 0 Å². The van der Waals surface area contributed by atoms with Gasteiger partial charge >= 0.3 is 0 Å². The van der Waals surface area contributed by atoms with Gasteiger partial charge < -0.3 is 14.8 Å². The van der Waals surface area contributed by atoms with Crippen LogP contribution in [0.1, 0.15) is 28.8 Å². The number of methoxy groups -OCH3 is 1. The van der Waals surface area contributed by atoms with Crippen LogP contribution in [0.5, 0.6) is 11.5 Å². The number of fused-ring (bicyclic) bond motifs is 3. The third-order valence-electron chi connectivity index (χ3n) is 5.91. The molecule has 158 valence electrons. The molecule has 4 aromatic rings. The van der Waals surface area contributed by atoms with E-state index < -0.39 is 0 Å². The molecule has 3 heterocycles. The molecule has 2 aliphatic rings. The van der Waals surface area contributed by atoms with Gasteiger partial charge in [-0.05, 0) is 41.5 Å². The summed E-state index contributed by atoms with van der Waals surface area (Å²) in [5.41, 5.74) is 5.02. The van der Waals surface area contributed by atoms with E-state index in [1.807, 2.05) is 53.2 Å².